The molecule has 2 heterocycles. The van der Waals surface area contributed by atoms with Crippen LogP contribution in [-0.2, 0) is 4.74 Å². The molecule has 0 aliphatic rings. The van der Waals surface area contributed by atoms with E-state index in [0.29, 0.717) is 15.4 Å². The minimum Gasteiger partial charge on any atom is -0.465 e. The summed E-state index contributed by atoms with van der Waals surface area (Å²) in [7, 11) is 1.32. The van der Waals surface area contributed by atoms with Gasteiger partial charge < -0.3 is 10.5 Å². The number of aromatic nitrogens is 2. The van der Waals surface area contributed by atoms with E-state index in [1.807, 2.05) is 0 Å². The van der Waals surface area contributed by atoms with Gasteiger partial charge in [-0.2, -0.15) is 5.10 Å². The molecule has 0 bridgehead atoms. The van der Waals surface area contributed by atoms with Crippen molar-refractivity contribution in [2.45, 2.75) is 0 Å². The molecule has 0 amide bonds. The van der Waals surface area contributed by atoms with E-state index >= 15 is 0 Å². The molecule has 0 saturated carbocycles. The third-order valence-corrected chi connectivity index (χ3v) is 2.88. The molecule has 72 valence electrons. The topological polar surface area (TPSA) is 78.1 Å². The molecule has 0 aliphatic carbocycles. The minimum absolute atomic E-state index is 0.378. The van der Waals surface area contributed by atoms with Crippen molar-refractivity contribution in [2.75, 3.05) is 12.8 Å². The number of hydrogen-bond donors (Lipinski definition) is 1. The second-order valence-electron chi connectivity index (χ2n) is 2.59. The third kappa shape index (κ3) is 1.20. The fourth-order valence-electron chi connectivity index (χ4n) is 1.12. The summed E-state index contributed by atoms with van der Waals surface area (Å²) in [6, 6.07) is 1.72. The van der Waals surface area contributed by atoms with Gasteiger partial charge in [-0.3, -0.25) is 0 Å². The number of fused-ring (bicyclic) bond motifs is 1. The first-order valence-corrected chi connectivity index (χ1v) is 4.63. The summed E-state index contributed by atoms with van der Waals surface area (Å²) >= 11 is 1.18. The monoisotopic (exact) mass is 209 g/mol. The number of carbonyl (C=O) groups is 1. The van der Waals surface area contributed by atoms with Gasteiger partial charge in [-0.15, -0.1) is 16.4 Å². The summed E-state index contributed by atoms with van der Waals surface area (Å²) in [6.45, 7) is 0. The smallest absolute Gasteiger partial charge is 0.350 e. The van der Waals surface area contributed by atoms with Crippen LogP contribution in [0.25, 0.3) is 10.2 Å². The summed E-state index contributed by atoms with van der Waals surface area (Å²) in [5.74, 6) is -0.439. The van der Waals surface area contributed by atoms with Crippen molar-refractivity contribution in [3.63, 3.8) is 0 Å². The number of anilines is 1. The van der Waals surface area contributed by atoms with Gasteiger partial charge in [0.2, 0.25) is 0 Å². The number of nitrogens with two attached hydrogens (primary N) is 1. The molecule has 0 spiro atoms. The Morgan fingerprint density at radius 2 is 2.43 bits per heavy atom. The lowest BCUT2D eigenvalue weighted by atomic mass is 10.3. The summed E-state index contributed by atoms with van der Waals surface area (Å²) in [5, 5.41) is 8.31. The number of methoxy groups -OCH3 is 1. The predicted molar refractivity (Wildman–Crippen MR) is 53.2 cm³/mol. The first-order valence-electron chi connectivity index (χ1n) is 3.82. The first-order chi connectivity index (χ1) is 6.74. The summed E-state index contributed by atoms with van der Waals surface area (Å²) < 4.78 is 4.59. The molecular weight excluding hydrogens is 202 g/mol. The summed E-state index contributed by atoms with van der Waals surface area (Å²) in [5.41, 5.74) is 6.17. The number of rotatable bonds is 1. The lowest BCUT2D eigenvalue weighted by molar-refractivity contribution is 0.0607. The average Bonchev–Trinajstić information content (AvgIpc) is 2.56. The number of nitrogen functional groups attached to an aromatic ring is 1. The molecule has 0 aromatic carbocycles. The fourth-order valence-corrected chi connectivity index (χ4v) is 2.07. The van der Waals surface area contributed by atoms with Crippen LogP contribution in [-0.4, -0.2) is 23.3 Å². The van der Waals surface area contributed by atoms with Gasteiger partial charge >= 0.3 is 5.97 Å². The number of esters is 1. The zero-order valence-corrected chi connectivity index (χ0v) is 8.17. The quantitative estimate of drug-likeness (QED) is 0.710. The molecule has 0 saturated heterocycles. The van der Waals surface area contributed by atoms with E-state index in [1.165, 1.54) is 24.6 Å². The van der Waals surface area contributed by atoms with E-state index in [2.05, 4.69) is 14.9 Å². The van der Waals surface area contributed by atoms with E-state index in [9.17, 15) is 4.79 Å². The van der Waals surface area contributed by atoms with E-state index in [0.717, 1.165) is 5.39 Å². The standard InChI is InChI=1S/C8H7N3O2S/c1-13-8(12)6-5(9)4-2-3-10-11-7(4)14-6/h2-3H,9H2,1H3. The van der Waals surface area contributed by atoms with Gasteiger partial charge in [-0.05, 0) is 6.07 Å². The summed E-state index contributed by atoms with van der Waals surface area (Å²) in [4.78, 5) is 12.3. The Morgan fingerprint density at radius 3 is 3.07 bits per heavy atom. The van der Waals surface area contributed by atoms with E-state index in [-0.39, 0.29) is 0 Å². The van der Waals surface area contributed by atoms with E-state index < -0.39 is 5.97 Å². The highest BCUT2D eigenvalue weighted by Crippen LogP contribution is 2.31. The fraction of sp³-hybridized carbons (Fsp3) is 0.125. The van der Waals surface area contributed by atoms with Crippen LogP contribution in [0.4, 0.5) is 5.69 Å². The average molecular weight is 209 g/mol. The SMILES string of the molecule is COC(=O)c1sc2nnccc2c1N. The second kappa shape index (κ2) is 3.22. The molecule has 2 N–H and O–H groups in total. The van der Waals surface area contributed by atoms with Gasteiger partial charge in [-0.1, -0.05) is 0 Å². The molecule has 2 rings (SSSR count). The zero-order valence-electron chi connectivity index (χ0n) is 7.35. The molecule has 0 radical (unpaired) electrons. The first kappa shape index (κ1) is 8.89. The Kier molecular flexibility index (Phi) is 2.05. The highest BCUT2D eigenvalue weighted by atomic mass is 32.1. The van der Waals surface area contributed by atoms with Crippen LogP contribution in [0, 0.1) is 0 Å². The van der Waals surface area contributed by atoms with Gasteiger partial charge in [0.05, 0.1) is 19.0 Å². The molecule has 14 heavy (non-hydrogen) atoms. The molecule has 6 heteroatoms. The number of carbonyl (C=O) groups excluding carboxylic acids is 1. The minimum atomic E-state index is -0.439. The Morgan fingerprint density at radius 1 is 1.64 bits per heavy atom. The molecular formula is C8H7N3O2S. The maximum Gasteiger partial charge on any atom is 0.350 e. The molecule has 0 unspecified atom stereocenters. The molecule has 2 aromatic heterocycles. The van der Waals surface area contributed by atoms with Crippen molar-refractivity contribution in [2.24, 2.45) is 0 Å². The van der Waals surface area contributed by atoms with E-state index in [1.54, 1.807) is 6.07 Å². The lowest BCUT2D eigenvalue weighted by Crippen LogP contribution is -2.01. The zero-order chi connectivity index (χ0) is 10.1. The normalized spacial score (nSPS) is 10.4. The Bertz CT molecular complexity index is 494. The Hall–Kier alpha value is -1.69. The maximum absolute atomic E-state index is 11.3. The Balaban J connectivity index is 2.68. The number of thiophene rings is 1. The van der Waals surface area contributed by atoms with Gasteiger partial charge in [-0.25, -0.2) is 4.79 Å². The van der Waals surface area contributed by atoms with Crippen molar-refractivity contribution in [3.8, 4) is 0 Å². The van der Waals surface area contributed by atoms with Crippen molar-refractivity contribution >= 4 is 33.2 Å². The van der Waals surface area contributed by atoms with Crippen LogP contribution in [0.15, 0.2) is 12.3 Å². The second-order valence-corrected chi connectivity index (χ2v) is 3.59. The number of nitrogens with zero attached hydrogens (tertiary/aromatic N) is 2. The van der Waals surface area contributed by atoms with Crippen molar-refractivity contribution in [3.05, 3.63) is 17.1 Å². The Labute approximate surface area is 83.5 Å². The molecule has 0 fully saturated rings. The van der Waals surface area contributed by atoms with Crippen LogP contribution in [0.3, 0.4) is 0 Å². The number of ether oxygens (including phenoxy) is 1. The summed E-state index contributed by atoms with van der Waals surface area (Å²) in [6.07, 6.45) is 1.53. The number of hydrogen-bond acceptors (Lipinski definition) is 6. The molecule has 0 atom stereocenters. The van der Waals surface area contributed by atoms with Crippen molar-refractivity contribution in [1.82, 2.24) is 10.2 Å². The van der Waals surface area contributed by atoms with Gasteiger partial charge in [0.15, 0.2) is 0 Å². The van der Waals surface area contributed by atoms with Crippen LogP contribution < -0.4 is 5.73 Å². The lowest BCUT2D eigenvalue weighted by Gasteiger charge is -1.95. The van der Waals surface area contributed by atoms with Crippen LogP contribution in [0.5, 0.6) is 0 Å². The van der Waals surface area contributed by atoms with E-state index in [4.69, 9.17) is 5.73 Å². The molecule has 0 aliphatic heterocycles. The van der Waals surface area contributed by atoms with Crippen molar-refractivity contribution in [1.29, 1.82) is 0 Å². The highest BCUT2D eigenvalue weighted by Gasteiger charge is 2.17. The largest absolute Gasteiger partial charge is 0.465 e. The third-order valence-electron chi connectivity index (χ3n) is 1.79. The maximum atomic E-state index is 11.3. The van der Waals surface area contributed by atoms with Gasteiger partial charge in [0, 0.05) is 5.39 Å². The predicted octanol–water partition coefficient (Wildman–Crippen LogP) is 1.06. The van der Waals surface area contributed by atoms with Gasteiger partial charge in [0.1, 0.15) is 9.71 Å². The molecule has 2 aromatic rings. The van der Waals surface area contributed by atoms with Crippen LogP contribution in [0.2, 0.25) is 0 Å². The van der Waals surface area contributed by atoms with Gasteiger partial charge in [0.25, 0.3) is 0 Å². The van der Waals surface area contributed by atoms with Crippen molar-refractivity contribution < 1.29 is 9.53 Å². The highest BCUT2D eigenvalue weighted by molar-refractivity contribution is 7.21. The van der Waals surface area contributed by atoms with Crippen LogP contribution in [0.1, 0.15) is 9.67 Å². The van der Waals surface area contributed by atoms with Crippen LogP contribution >= 0.6 is 11.3 Å². The molecule has 5 nitrogen and oxygen atoms in total.